The summed E-state index contributed by atoms with van der Waals surface area (Å²) in [5.41, 5.74) is 14.4. The van der Waals surface area contributed by atoms with Crippen molar-refractivity contribution in [1.82, 2.24) is 24.8 Å². The smallest absolute Gasteiger partial charge is 0.242 e. The molecule has 1 saturated heterocycles. The Kier molecular flexibility index (Phi) is 4.87. The third kappa shape index (κ3) is 3.49. The van der Waals surface area contributed by atoms with Gasteiger partial charge in [0.1, 0.15) is 23.5 Å². The van der Waals surface area contributed by atoms with Crippen LogP contribution in [0.15, 0.2) is 24.8 Å². The fraction of sp³-hybridized carbons (Fsp3) is 0.381. The molecule has 2 fully saturated rings. The molecule has 2 aliphatic rings. The minimum absolute atomic E-state index is 0.119. The minimum atomic E-state index is -0.977. The number of carbonyl (C=O) groups is 1. The number of hydrogen-bond acceptors (Lipinski definition) is 8. The third-order valence-corrected chi connectivity index (χ3v) is 6.43. The van der Waals surface area contributed by atoms with Gasteiger partial charge in [-0.05, 0) is 31.4 Å². The summed E-state index contributed by atoms with van der Waals surface area (Å²) in [4.78, 5) is 27.3. The van der Waals surface area contributed by atoms with Gasteiger partial charge in [-0.25, -0.2) is 15.0 Å². The first-order chi connectivity index (χ1) is 15.4. The Morgan fingerprint density at radius 2 is 2.16 bits per heavy atom. The molecule has 1 saturated carbocycles. The van der Waals surface area contributed by atoms with E-state index in [0.717, 1.165) is 18.5 Å². The molecule has 0 spiro atoms. The van der Waals surface area contributed by atoms with Gasteiger partial charge in [0.05, 0.1) is 23.5 Å². The van der Waals surface area contributed by atoms with Crippen LogP contribution in [0.4, 0.5) is 11.5 Å². The van der Waals surface area contributed by atoms with E-state index in [9.17, 15) is 10.1 Å². The van der Waals surface area contributed by atoms with E-state index in [1.165, 1.54) is 6.33 Å². The van der Waals surface area contributed by atoms with Crippen molar-refractivity contribution in [1.29, 1.82) is 5.26 Å². The van der Waals surface area contributed by atoms with Crippen molar-refractivity contribution in [3.05, 3.63) is 40.9 Å². The molecule has 0 radical (unpaired) electrons. The van der Waals surface area contributed by atoms with Gasteiger partial charge in [-0.1, -0.05) is 11.6 Å². The Hall–Kier alpha value is -3.42. The highest BCUT2D eigenvalue weighted by Gasteiger charge is 2.43. The van der Waals surface area contributed by atoms with E-state index in [4.69, 9.17) is 23.1 Å². The standard InChI is InChI=1S/C21H22ClN9O/c22-15-3-4-16(30-6-5-21(25,9-30)20(32)29-12-1-2-12)14(13(15)7-23)8-31-11-28-17-18(24)26-10-27-19(17)31/h3-4,10-12H,1-2,5-6,8-9,25H2,(H,29,32)(H2,24,26,27)/t21-/m1/s1. The number of rotatable bonds is 5. The molecule has 3 aromatic rings. The van der Waals surface area contributed by atoms with Crippen molar-refractivity contribution in [2.75, 3.05) is 23.7 Å². The molecule has 1 aliphatic carbocycles. The number of amides is 1. The number of fused-ring (bicyclic) bond motifs is 1. The predicted octanol–water partition coefficient (Wildman–Crippen LogP) is 1.17. The Morgan fingerprint density at radius 3 is 2.91 bits per heavy atom. The SMILES string of the molecule is N#Cc1c(Cl)ccc(N2CC[C@](N)(C(=O)NC3CC3)C2)c1Cn1cnc2c(N)ncnc21. The lowest BCUT2D eigenvalue weighted by atomic mass is 9.99. The van der Waals surface area contributed by atoms with Crippen LogP contribution in [0.25, 0.3) is 11.2 Å². The molecule has 164 valence electrons. The number of nitriles is 1. The normalized spacial score (nSPS) is 20.5. The van der Waals surface area contributed by atoms with Gasteiger partial charge in [-0.2, -0.15) is 5.26 Å². The molecule has 1 atom stereocenters. The molecule has 1 amide bonds. The number of nitrogens with one attached hydrogen (secondary N) is 1. The first-order valence-corrected chi connectivity index (χ1v) is 10.7. The van der Waals surface area contributed by atoms with Crippen LogP contribution < -0.4 is 21.7 Å². The molecule has 0 bridgehead atoms. The molecule has 10 nitrogen and oxygen atoms in total. The summed E-state index contributed by atoms with van der Waals surface area (Å²) in [5.74, 6) is 0.168. The fourth-order valence-electron chi connectivity index (χ4n) is 4.15. The van der Waals surface area contributed by atoms with Crippen molar-refractivity contribution in [3.8, 4) is 6.07 Å². The fourth-order valence-corrected chi connectivity index (χ4v) is 4.37. The minimum Gasteiger partial charge on any atom is -0.382 e. The van der Waals surface area contributed by atoms with Crippen LogP contribution in [0, 0.1) is 11.3 Å². The summed E-state index contributed by atoms with van der Waals surface area (Å²) in [6, 6.07) is 6.03. The van der Waals surface area contributed by atoms with Gasteiger partial charge in [0, 0.05) is 30.4 Å². The zero-order valence-electron chi connectivity index (χ0n) is 17.3. The second kappa shape index (κ2) is 7.62. The number of nitrogen functional groups attached to an aromatic ring is 1. The highest BCUT2D eigenvalue weighted by Crippen LogP contribution is 2.35. The van der Waals surface area contributed by atoms with Crippen molar-refractivity contribution in [2.45, 2.75) is 37.4 Å². The molecule has 0 unspecified atom stereocenters. The highest BCUT2D eigenvalue weighted by molar-refractivity contribution is 6.32. The topological polar surface area (TPSA) is 152 Å². The van der Waals surface area contributed by atoms with Crippen LogP contribution in [-0.4, -0.2) is 50.1 Å². The second-order valence-electron chi connectivity index (χ2n) is 8.41. The van der Waals surface area contributed by atoms with E-state index in [1.807, 2.05) is 11.0 Å². The molecular formula is C21H22ClN9O. The van der Waals surface area contributed by atoms with Crippen LogP contribution >= 0.6 is 11.6 Å². The number of nitrogens with zero attached hydrogens (tertiary/aromatic N) is 6. The first kappa shape index (κ1) is 20.5. The van der Waals surface area contributed by atoms with E-state index in [1.54, 1.807) is 17.0 Å². The maximum Gasteiger partial charge on any atom is 0.242 e. The first-order valence-electron chi connectivity index (χ1n) is 10.4. The lowest BCUT2D eigenvalue weighted by molar-refractivity contribution is -0.125. The van der Waals surface area contributed by atoms with Gasteiger partial charge in [-0.3, -0.25) is 4.79 Å². The zero-order chi connectivity index (χ0) is 22.5. The molecule has 32 heavy (non-hydrogen) atoms. The van der Waals surface area contributed by atoms with Crippen molar-refractivity contribution >= 4 is 40.2 Å². The van der Waals surface area contributed by atoms with E-state index in [0.29, 0.717) is 53.4 Å². The van der Waals surface area contributed by atoms with E-state index in [2.05, 4.69) is 26.3 Å². The number of imidazole rings is 1. The van der Waals surface area contributed by atoms with Gasteiger partial charge in [-0.15, -0.1) is 0 Å². The number of aromatic nitrogens is 4. The number of carbonyl (C=O) groups excluding carboxylic acids is 1. The number of halogens is 1. The Balaban J connectivity index is 1.50. The lowest BCUT2D eigenvalue weighted by Crippen LogP contribution is -2.56. The van der Waals surface area contributed by atoms with Crippen LogP contribution in [0.2, 0.25) is 5.02 Å². The largest absolute Gasteiger partial charge is 0.382 e. The van der Waals surface area contributed by atoms with Crippen molar-refractivity contribution in [3.63, 3.8) is 0 Å². The van der Waals surface area contributed by atoms with Gasteiger partial charge in [0.15, 0.2) is 11.5 Å². The number of hydrogen-bond donors (Lipinski definition) is 3. The van der Waals surface area contributed by atoms with Crippen LogP contribution in [-0.2, 0) is 11.3 Å². The molecule has 1 aromatic carbocycles. The quantitative estimate of drug-likeness (QED) is 0.522. The number of anilines is 2. The monoisotopic (exact) mass is 451 g/mol. The van der Waals surface area contributed by atoms with E-state index >= 15 is 0 Å². The average Bonchev–Trinajstić information content (AvgIpc) is 3.35. The van der Waals surface area contributed by atoms with Crippen LogP contribution in [0.1, 0.15) is 30.4 Å². The summed E-state index contributed by atoms with van der Waals surface area (Å²) in [6.07, 6.45) is 5.52. The molecule has 5 rings (SSSR count). The summed E-state index contributed by atoms with van der Waals surface area (Å²) in [5, 5.41) is 13.2. The van der Waals surface area contributed by atoms with E-state index in [-0.39, 0.29) is 17.8 Å². The van der Waals surface area contributed by atoms with Gasteiger partial charge in [0.25, 0.3) is 0 Å². The summed E-state index contributed by atoms with van der Waals surface area (Å²) < 4.78 is 1.80. The second-order valence-corrected chi connectivity index (χ2v) is 8.82. The van der Waals surface area contributed by atoms with Crippen molar-refractivity contribution in [2.24, 2.45) is 5.73 Å². The summed E-state index contributed by atoms with van der Waals surface area (Å²) in [7, 11) is 0. The van der Waals surface area contributed by atoms with Gasteiger partial charge >= 0.3 is 0 Å². The molecule has 5 N–H and O–H groups in total. The molecule has 3 heterocycles. The van der Waals surface area contributed by atoms with Crippen molar-refractivity contribution < 1.29 is 4.79 Å². The molecule has 2 aromatic heterocycles. The zero-order valence-corrected chi connectivity index (χ0v) is 18.0. The maximum atomic E-state index is 12.7. The molecule has 11 heteroatoms. The highest BCUT2D eigenvalue weighted by atomic mass is 35.5. The maximum absolute atomic E-state index is 12.7. The summed E-state index contributed by atoms with van der Waals surface area (Å²) >= 11 is 6.36. The van der Waals surface area contributed by atoms with Gasteiger partial charge in [0.2, 0.25) is 5.91 Å². The number of nitrogens with two attached hydrogens (primary N) is 2. The summed E-state index contributed by atoms with van der Waals surface area (Å²) in [6.45, 7) is 1.24. The Morgan fingerprint density at radius 1 is 1.34 bits per heavy atom. The Bertz CT molecular complexity index is 1260. The average molecular weight is 452 g/mol. The molecule has 1 aliphatic heterocycles. The predicted molar refractivity (Wildman–Crippen MR) is 120 cm³/mol. The third-order valence-electron chi connectivity index (χ3n) is 6.11. The number of benzene rings is 1. The molecular weight excluding hydrogens is 430 g/mol. The Labute approximate surface area is 189 Å². The van der Waals surface area contributed by atoms with E-state index < -0.39 is 5.54 Å². The van der Waals surface area contributed by atoms with Gasteiger partial charge < -0.3 is 26.3 Å². The lowest BCUT2D eigenvalue weighted by Gasteiger charge is -2.27. The van der Waals surface area contributed by atoms with Crippen LogP contribution in [0.3, 0.4) is 0 Å². The van der Waals surface area contributed by atoms with Crippen LogP contribution in [0.5, 0.6) is 0 Å².